The Bertz CT molecular complexity index is 1030. The van der Waals surface area contributed by atoms with Gasteiger partial charge >= 0.3 is 0 Å². The Kier molecular flexibility index (Phi) is 6.22. The maximum Gasteiger partial charge on any atom is 0.231 e. The number of halogens is 1. The molecule has 0 spiro atoms. The van der Waals surface area contributed by atoms with E-state index in [1.807, 2.05) is 36.4 Å². The molecular formula is C24H27FN4O3. The van der Waals surface area contributed by atoms with Crippen LogP contribution >= 0.6 is 0 Å². The van der Waals surface area contributed by atoms with E-state index in [-0.39, 0.29) is 12.6 Å². The van der Waals surface area contributed by atoms with Gasteiger partial charge in [-0.3, -0.25) is 4.90 Å². The van der Waals surface area contributed by atoms with Gasteiger partial charge in [-0.25, -0.2) is 4.39 Å². The highest BCUT2D eigenvalue weighted by Crippen LogP contribution is 2.35. The number of aromatic nitrogens is 1. The Morgan fingerprint density at radius 3 is 2.59 bits per heavy atom. The molecular weight excluding hydrogens is 411 g/mol. The van der Waals surface area contributed by atoms with E-state index in [1.165, 1.54) is 12.1 Å². The third-order valence-corrected chi connectivity index (χ3v) is 5.92. The lowest BCUT2D eigenvalue weighted by Crippen LogP contribution is -2.47. The normalized spacial score (nSPS) is 16.0. The molecule has 2 aromatic carbocycles. The van der Waals surface area contributed by atoms with E-state index >= 15 is 0 Å². The second-order valence-corrected chi connectivity index (χ2v) is 8.08. The van der Waals surface area contributed by atoms with Crippen LogP contribution in [0, 0.1) is 5.82 Å². The Hall–Kier alpha value is -3.10. The summed E-state index contributed by atoms with van der Waals surface area (Å²) in [4.78, 5) is 4.80. The van der Waals surface area contributed by atoms with Gasteiger partial charge in [-0.15, -0.1) is 0 Å². The quantitative estimate of drug-likeness (QED) is 0.540. The lowest BCUT2D eigenvalue weighted by atomic mass is 10.1. The summed E-state index contributed by atoms with van der Waals surface area (Å²) in [5.41, 5.74) is 2.84. The van der Waals surface area contributed by atoms with Gasteiger partial charge in [0.05, 0.1) is 6.54 Å². The molecule has 7 nitrogen and oxygen atoms in total. The molecule has 2 aliphatic heterocycles. The van der Waals surface area contributed by atoms with Gasteiger partial charge in [0.15, 0.2) is 17.3 Å². The van der Waals surface area contributed by atoms with E-state index in [4.69, 9.17) is 14.0 Å². The zero-order valence-electron chi connectivity index (χ0n) is 17.9. The van der Waals surface area contributed by atoms with Crippen molar-refractivity contribution < 1.29 is 18.4 Å². The van der Waals surface area contributed by atoms with Gasteiger partial charge in [-0.2, -0.15) is 0 Å². The molecule has 1 N–H and O–H groups in total. The first kappa shape index (κ1) is 20.8. The highest BCUT2D eigenvalue weighted by atomic mass is 19.1. The van der Waals surface area contributed by atoms with Crippen LogP contribution in [0.25, 0.3) is 11.3 Å². The fourth-order valence-corrected chi connectivity index (χ4v) is 4.11. The maximum absolute atomic E-state index is 13.1. The molecule has 5 rings (SSSR count). The Labute approximate surface area is 186 Å². The molecule has 0 bridgehead atoms. The fraction of sp³-hybridized carbons (Fsp3) is 0.375. The molecule has 8 heteroatoms. The first-order valence-corrected chi connectivity index (χ1v) is 11.0. The van der Waals surface area contributed by atoms with Crippen LogP contribution in [0.5, 0.6) is 11.5 Å². The monoisotopic (exact) mass is 438 g/mol. The third-order valence-electron chi connectivity index (χ3n) is 5.92. The Balaban J connectivity index is 1.01. The summed E-state index contributed by atoms with van der Waals surface area (Å²) in [6.07, 6.45) is 1.07. The molecule has 32 heavy (non-hydrogen) atoms. The van der Waals surface area contributed by atoms with Crippen LogP contribution in [0.15, 0.2) is 53.1 Å². The molecule has 1 fully saturated rings. The summed E-state index contributed by atoms with van der Waals surface area (Å²) in [6.45, 7) is 6.88. The standard InChI is InChI=1S/C24H27FN4O3/c25-19-3-5-20(6-4-19)29-12-10-28(11-13-29)9-1-8-26-16-21-15-22(27-32-21)18-2-7-23-24(14-18)31-17-30-23/h2-7,14-15,26H,1,8-13,16-17H2. The van der Waals surface area contributed by atoms with Gasteiger partial charge in [-0.1, -0.05) is 5.16 Å². The van der Waals surface area contributed by atoms with Crippen LogP contribution in [-0.2, 0) is 6.54 Å². The van der Waals surface area contributed by atoms with E-state index in [0.717, 1.165) is 79.9 Å². The maximum atomic E-state index is 13.1. The zero-order chi connectivity index (χ0) is 21.8. The molecule has 0 aliphatic carbocycles. The van der Waals surface area contributed by atoms with Crippen LogP contribution in [0.4, 0.5) is 10.1 Å². The van der Waals surface area contributed by atoms with Crippen molar-refractivity contribution in [1.29, 1.82) is 0 Å². The van der Waals surface area contributed by atoms with Crippen molar-refractivity contribution in [1.82, 2.24) is 15.4 Å². The van der Waals surface area contributed by atoms with E-state index in [2.05, 4.69) is 20.3 Å². The number of piperazine rings is 1. The minimum Gasteiger partial charge on any atom is -0.454 e. The molecule has 3 aromatic rings. The SMILES string of the molecule is Fc1ccc(N2CCN(CCCNCc3cc(-c4ccc5c(c4)OCO5)no3)CC2)cc1. The summed E-state index contributed by atoms with van der Waals surface area (Å²) in [7, 11) is 0. The first-order valence-electron chi connectivity index (χ1n) is 11.0. The Morgan fingerprint density at radius 1 is 0.938 bits per heavy atom. The minimum absolute atomic E-state index is 0.186. The van der Waals surface area contributed by atoms with Crippen LogP contribution in [0.3, 0.4) is 0 Å². The third kappa shape index (κ3) is 4.87. The highest BCUT2D eigenvalue weighted by molar-refractivity contribution is 5.64. The molecule has 3 heterocycles. The number of nitrogens with zero attached hydrogens (tertiary/aromatic N) is 3. The lowest BCUT2D eigenvalue weighted by Gasteiger charge is -2.36. The summed E-state index contributed by atoms with van der Waals surface area (Å²) in [6, 6.07) is 14.5. The zero-order valence-corrected chi connectivity index (χ0v) is 17.9. The second kappa shape index (κ2) is 9.58. The molecule has 0 atom stereocenters. The lowest BCUT2D eigenvalue weighted by molar-refractivity contribution is 0.174. The van der Waals surface area contributed by atoms with Crippen molar-refractivity contribution >= 4 is 5.69 Å². The van der Waals surface area contributed by atoms with E-state index in [1.54, 1.807) is 0 Å². The molecule has 168 valence electrons. The predicted octanol–water partition coefficient (Wildman–Crippen LogP) is 3.51. The molecule has 0 unspecified atom stereocenters. The molecule has 0 radical (unpaired) electrons. The van der Waals surface area contributed by atoms with Crippen molar-refractivity contribution in [2.24, 2.45) is 0 Å². The number of hydrogen-bond donors (Lipinski definition) is 1. The summed E-state index contributed by atoms with van der Waals surface area (Å²) >= 11 is 0. The van der Waals surface area contributed by atoms with Crippen LogP contribution in [0.1, 0.15) is 12.2 Å². The highest BCUT2D eigenvalue weighted by Gasteiger charge is 2.17. The predicted molar refractivity (Wildman–Crippen MR) is 119 cm³/mol. The van der Waals surface area contributed by atoms with Crippen molar-refractivity contribution in [3.8, 4) is 22.8 Å². The van der Waals surface area contributed by atoms with Crippen molar-refractivity contribution in [3.05, 3.63) is 60.1 Å². The van der Waals surface area contributed by atoms with Gasteiger partial charge in [0.25, 0.3) is 0 Å². The Morgan fingerprint density at radius 2 is 1.75 bits per heavy atom. The number of benzene rings is 2. The number of fused-ring (bicyclic) bond motifs is 1. The molecule has 0 amide bonds. The van der Waals surface area contributed by atoms with Crippen molar-refractivity contribution in [3.63, 3.8) is 0 Å². The molecule has 0 saturated carbocycles. The molecule has 2 aliphatic rings. The van der Waals surface area contributed by atoms with Gasteiger partial charge in [0.1, 0.15) is 11.5 Å². The van der Waals surface area contributed by atoms with Crippen molar-refractivity contribution in [2.75, 3.05) is 51.0 Å². The largest absolute Gasteiger partial charge is 0.454 e. The summed E-state index contributed by atoms with van der Waals surface area (Å²) < 4.78 is 29.3. The number of ether oxygens (including phenoxy) is 2. The smallest absolute Gasteiger partial charge is 0.231 e. The van der Waals surface area contributed by atoms with Crippen LogP contribution in [-0.4, -0.2) is 56.1 Å². The summed E-state index contributed by atoms with van der Waals surface area (Å²) in [5, 5.41) is 7.61. The van der Waals surface area contributed by atoms with E-state index < -0.39 is 0 Å². The minimum atomic E-state index is -0.186. The fourth-order valence-electron chi connectivity index (χ4n) is 4.11. The van der Waals surface area contributed by atoms with E-state index in [9.17, 15) is 4.39 Å². The summed E-state index contributed by atoms with van der Waals surface area (Å²) in [5.74, 6) is 2.12. The van der Waals surface area contributed by atoms with Gasteiger partial charge in [0.2, 0.25) is 6.79 Å². The van der Waals surface area contributed by atoms with Crippen molar-refractivity contribution in [2.45, 2.75) is 13.0 Å². The van der Waals surface area contributed by atoms with Gasteiger partial charge < -0.3 is 24.2 Å². The number of anilines is 1. The average Bonchev–Trinajstić information content (AvgIpc) is 3.49. The molecule has 1 saturated heterocycles. The van der Waals surface area contributed by atoms with E-state index in [0.29, 0.717) is 6.54 Å². The van der Waals surface area contributed by atoms with Crippen LogP contribution < -0.4 is 19.7 Å². The average molecular weight is 439 g/mol. The van der Waals surface area contributed by atoms with Crippen LogP contribution in [0.2, 0.25) is 0 Å². The number of rotatable bonds is 8. The second-order valence-electron chi connectivity index (χ2n) is 8.08. The molecule has 1 aromatic heterocycles. The first-order chi connectivity index (χ1) is 15.7. The number of hydrogen-bond acceptors (Lipinski definition) is 7. The van der Waals surface area contributed by atoms with Gasteiger partial charge in [0, 0.05) is 43.5 Å². The topological polar surface area (TPSA) is 63.0 Å². The number of nitrogens with one attached hydrogen (secondary N) is 1. The van der Waals surface area contributed by atoms with Gasteiger partial charge in [-0.05, 0) is 62.0 Å².